The van der Waals surface area contributed by atoms with Crippen LogP contribution in [0.5, 0.6) is 0 Å². The maximum Gasteiger partial charge on any atom is 0.306 e. The molecule has 1 N–H and O–H groups in total. The van der Waals surface area contributed by atoms with Crippen LogP contribution in [0.3, 0.4) is 0 Å². The molecule has 0 unspecified atom stereocenters. The fourth-order valence-corrected chi connectivity index (χ4v) is 4.19. The van der Waals surface area contributed by atoms with Gasteiger partial charge >= 0.3 is 11.9 Å². The van der Waals surface area contributed by atoms with Crippen LogP contribution in [0.4, 0.5) is 0 Å². The normalized spacial score (nSPS) is 12.8. The second-order valence-electron chi connectivity index (χ2n) is 10.5. The average Bonchev–Trinajstić information content (AvgIpc) is 2.96. The molecule has 0 aliphatic carbocycles. The van der Waals surface area contributed by atoms with E-state index >= 15 is 0 Å². The molecule has 0 aromatic heterocycles. The van der Waals surface area contributed by atoms with E-state index in [-0.39, 0.29) is 25.2 Å². The second-order valence-corrected chi connectivity index (χ2v) is 10.5. The number of aliphatic hydroxyl groups excluding tert-OH is 1. The molecule has 0 fully saturated rings. The predicted molar refractivity (Wildman–Crippen MR) is 168 cm³/mol. The lowest BCUT2D eigenvalue weighted by Crippen LogP contribution is -2.28. The van der Waals surface area contributed by atoms with Crippen LogP contribution in [-0.4, -0.2) is 36.4 Å². The average molecular weight is 561 g/mol. The van der Waals surface area contributed by atoms with Crippen LogP contribution in [0.2, 0.25) is 0 Å². The quantitative estimate of drug-likeness (QED) is 0.0586. The van der Waals surface area contributed by atoms with E-state index in [2.05, 4.69) is 62.5 Å². The molecule has 5 nitrogen and oxygen atoms in total. The summed E-state index contributed by atoms with van der Waals surface area (Å²) < 4.78 is 10.5. The van der Waals surface area contributed by atoms with Crippen molar-refractivity contribution in [1.82, 2.24) is 0 Å². The number of carbonyl (C=O) groups excluding carboxylic acids is 2. The molecule has 0 saturated carbocycles. The zero-order valence-corrected chi connectivity index (χ0v) is 25.8. The van der Waals surface area contributed by atoms with Crippen LogP contribution >= 0.6 is 0 Å². The van der Waals surface area contributed by atoms with Gasteiger partial charge in [-0.05, 0) is 51.4 Å². The second kappa shape index (κ2) is 31.4. The molecule has 0 aromatic carbocycles. The van der Waals surface area contributed by atoms with E-state index < -0.39 is 6.10 Å². The molecule has 230 valence electrons. The first-order valence-electron chi connectivity index (χ1n) is 16.2. The van der Waals surface area contributed by atoms with Crippen molar-refractivity contribution in [2.45, 2.75) is 148 Å². The van der Waals surface area contributed by atoms with Gasteiger partial charge in [-0.15, -0.1) is 0 Å². The van der Waals surface area contributed by atoms with Crippen molar-refractivity contribution < 1.29 is 24.2 Å². The smallest absolute Gasteiger partial charge is 0.306 e. The van der Waals surface area contributed by atoms with Gasteiger partial charge in [0, 0.05) is 12.8 Å². The number of esters is 2. The van der Waals surface area contributed by atoms with E-state index in [1.165, 1.54) is 51.4 Å². The molecule has 0 aliphatic rings. The van der Waals surface area contributed by atoms with Gasteiger partial charge in [-0.2, -0.15) is 0 Å². The summed E-state index contributed by atoms with van der Waals surface area (Å²) in [5.41, 5.74) is 0. The number of hydrogen-bond acceptors (Lipinski definition) is 5. The standard InChI is InChI=1S/C35H60O5/c1-3-5-7-9-11-13-15-16-17-18-20-22-24-26-28-30-35(38)40-33(31-36)32-39-34(37)29-27-25-23-21-19-14-12-10-8-6-4-2/h5,7,11,13,16-17,20,22,33,36H,3-4,6,8-10,12,14-15,18-19,21,23-32H2,1-2H3/b7-5-,13-11-,17-16-,22-20-/t33-/m0/s1. The van der Waals surface area contributed by atoms with E-state index in [1.54, 1.807) is 0 Å². The van der Waals surface area contributed by atoms with Gasteiger partial charge in [0.15, 0.2) is 6.10 Å². The molecule has 40 heavy (non-hydrogen) atoms. The first kappa shape index (κ1) is 37.9. The van der Waals surface area contributed by atoms with Gasteiger partial charge < -0.3 is 14.6 Å². The zero-order valence-electron chi connectivity index (χ0n) is 25.8. The molecular weight excluding hydrogens is 500 g/mol. The lowest BCUT2D eigenvalue weighted by molar-refractivity contribution is -0.161. The summed E-state index contributed by atoms with van der Waals surface area (Å²) in [6, 6.07) is 0. The minimum atomic E-state index is -0.789. The van der Waals surface area contributed by atoms with E-state index in [1.807, 2.05) is 0 Å². The Hall–Kier alpha value is -2.14. The first-order valence-corrected chi connectivity index (χ1v) is 16.2. The van der Waals surface area contributed by atoms with Gasteiger partial charge in [0.1, 0.15) is 6.61 Å². The monoisotopic (exact) mass is 560 g/mol. The Kier molecular flexibility index (Phi) is 29.7. The summed E-state index contributed by atoms with van der Waals surface area (Å²) in [5, 5.41) is 9.48. The predicted octanol–water partition coefficient (Wildman–Crippen LogP) is 9.50. The number of ether oxygens (including phenoxy) is 2. The third-order valence-corrected chi connectivity index (χ3v) is 6.64. The Balaban J connectivity index is 3.69. The van der Waals surface area contributed by atoms with E-state index in [9.17, 15) is 14.7 Å². The molecule has 0 aliphatic heterocycles. The molecule has 0 saturated heterocycles. The minimum Gasteiger partial charge on any atom is -0.462 e. The zero-order chi connectivity index (χ0) is 29.4. The van der Waals surface area contributed by atoms with E-state index in [4.69, 9.17) is 9.47 Å². The van der Waals surface area contributed by atoms with Crippen LogP contribution < -0.4 is 0 Å². The molecule has 1 atom stereocenters. The number of hydrogen-bond donors (Lipinski definition) is 1. The van der Waals surface area contributed by atoms with Crippen molar-refractivity contribution in [3.05, 3.63) is 48.6 Å². The number of unbranched alkanes of at least 4 members (excludes halogenated alkanes) is 12. The van der Waals surface area contributed by atoms with Crippen LogP contribution in [0.25, 0.3) is 0 Å². The summed E-state index contributed by atoms with van der Waals surface area (Å²) in [6.45, 7) is 3.95. The fraction of sp³-hybridized carbons (Fsp3) is 0.714. The SMILES string of the molecule is CC/C=C\C/C=C\C/C=C\C/C=C\CCCCC(=O)O[C@@H](CO)COC(=O)CCCCCCCCCCCCC. The molecule has 0 aromatic rings. The van der Waals surface area contributed by atoms with Crippen LogP contribution in [0.15, 0.2) is 48.6 Å². The van der Waals surface area contributed by atoms with Gasteiger partial charge in [-0.1, -0.05) is 127 Å². The van der Waals surface area contributed by atoms with Crippen molar-refractivity contribution in [3.8, 4) is 0 Å². The topological polar surface area (TPSA) is 72.8 Å². The van der Waals surface area contributed by atoms with Crippen LogP contribution in [0.1, 0.15) is 142 Å². The summed E-state index contributed by atoms with van der Waals surface area (Å²) in [7, 11) is 0. The maximum absolute atomic E-state index is 12.1. The van der Waals surface area contributed by atoms with Crippen molar-refractivity contribution >= 4 is 11.9 Å². The third-order valence-electron chi connectivity index (χ3n) is 6.64. The number of carbonyl (C=O) groups is 2. The minimum absolute atomic E-state index is 0.0823. The molecule has 0 heterocycles. The Morgan fingerprint density at radius 2 is 1.07 bits per heavy atom. The van der Waals surface area contributed by atoms with Crippen molar-refractivity contribution in [2.24, 2.45) is 0 Å². The van der Waals surface area contributed by atoms with Gasteiger partial charge in [0.05, 0.1) is 6.61 Å². The van der Waals surface area contributed by atoms with Gasteiger partial charge in [0.2, 0.25) is 0 Å². The molecular formula is C35H60O5. The largest absolute Gasteiger partial charge is 0.462 e. The van der Waals surface area contributed by atoms with Crippen molar-refractivity contribution in [3.63, 3.8) is 0 Å². The summed E-state index contributed by atoms with van der Waals surface area (Å²) in [6.07, 6.45) is 37.3. The molecule has 0 rings (SSSR count). The molecule has 0 spiro atoms. The highest BCUT2D eigenvalue weighted by Gasteiger charge is 2.16. The molecule has 0 amide bonds. The third kappa shape index (κ3) is 28.9. The van der Waals surface area contributed by atoms with Gasteiger partial charge in [-0.3, -0.25) is 9.59 Å². The van der Waals surface area contributed by atoms with Crippen LogP contribution in [0, 0.1) is 0 Å². The highest BCUT2D eigenvalue weighted by atomic mass is 16.6. The number of allylic oxidation sites excluding steroid dienone is 8. The van der Waals surface area contributed by atoms with E-state index in [0.29, 0.717) is 12.8 Å². The van der Waals surface area contributed by atoms with Gasteiger partial charge in [0.25, 0.3) is 0 Å². The highest BCUT2D eigenvalue weighted by Crippen LogP contribution is 2.12. The summed E-state index contributed by atoms with van der Waals surface area (Å²) in [4.78, 5) is 24.0. The Labute approximate surface area is 246 Å². The van der Waals surface area contributed by atoms with E-state index in [0.717, 1.165) is 64.2 Å². The molecule has 0 radical (unpaired) electrons. The first-order chi connectivity index (χ1) is 19.6. The van der Waals surface area contributed by atoms with Gasteiger partial charge in [-0.25, -0.2) is 0 Å². The van der Waals surface area contributed by atoms with Crippen molar-refractivity contribution in [2.75, 3.05) is 13.2 Å². The van der Waals surface area contributed by atoms with Crippen molar-refractivity contribution in [1.29, 1.82) is 0 Å². The summed E-state index contributed by atoms with van der Waals surface area (Å²) >= 11 is 0. The Morgan fingerprint density at radius 3 is 1.62 bits per heavy atom. The summed E-state index contributed by atoms with van der Waals surface area (Å²) in [5.74, 6) is -0.644. The highest BCUT2D eigenvalue weighted by molar-refractivity contribution is 5.70. The maximum atomic E-state index is 12.1. The number of rotatable bonds is 28. The van der Waals surface area contributed by atoms with Crippen LogP contribution in [-0.2, 0) is 19.1 Å². The Bertz CT molecular complexity index is 692. The molecule has 5 heteroatoms. The number of aliphatic hydroxyl groups is 1. The molecule has 0 bridgehead atoms. The lowest BCUT2D eigenvalue weighted by Gasteiger charge is -2.15. The Morgan fingerprint density at radius 1 is 0.600 bits per heavy atom. The lowest BCUT2D eigenvalue weighted by atomic mass is 10.1. The fourth-order valence-electron chi connectivity index (χ4n) is 4.19.